The van der Waals surface area contributed by atoms with Gasteiger partial charge in [0, 0.05) is 16.0 Å². The van der Waals surface area contributed by atoms with Gasteiger partial charge in [-0.25, -0.2) is 4.39 Å². The second kappa shape index (κ2) is 5.86. The fourth-order valence-electron chi connectivity index (χ4n) is 2.83. The number of nitrogens with one attached hydrogen (secondary N) is 1. The number of fused-ring (bicyclic) bond motifs is 2. The van der Waals surface area contributed by atoms with E-state index in [0.29, 0.717) is 32.8 Å². The Morgan fingerprint density at radius 2 is 2.08 bits per heavy atom. The zero-order valence-corrected chi connectivity index (χ0v) is 14.7. The monoisotopic (exact) mass is 384 g/mol. The minimum absolute atomic E-state index is 0.297. The highest BCUT2D eigenvalue weighted by Gasteiger charge is 2.16. The van der Waals surface area contributed by atoms with Crippen LogP contribution in [0.2, 0.25) is 5.02 Å². The minimum Gasteiger partial charge on any atom is -0.281 e. The van der Waals surface area contributed by atoms with E-state index in [1.807, 2.05) is 18.2 Å². The zero-order chi connectivity index (χ0) is 17.7. The first kappa shape index (κ1) is 15.4. The first-order valence-corrected chi connectivity index (χ1v) is 8.96. The Balaban J connectivity index is 1.56. The molecule has 9 heteroatoms. The van der Waals surface area contributed by atoms with Crippen molar-refractivity contribution in [2.75, 3.05) is 0 Å². The van der Waals surface area contributed by atoms with Crippen LogP contribution in [0.1, 0.15) is 11.5 Å². The van der Waals surface area contributed by atoms with Crippen molar-refractivity contribution in [2.45, 2.75) is 6.42 Å². The van der Waals surface area contributed by atoms with E-state index in [1.54, 1.807) is 16.6 Å². The van der Waals surface area contributed by atoms with E-state index in [9.17, 15) is 4.39 Å². The average Bonchev–Trinajstić information content (AvgIpc) is 3.31. The predicted molar refractivity (Wildman–Crippen MR) is 98.0 cm³/mol. The first-order chi connectivity index (χ1) is 12.7. The Morgan fingerprint density at radius 1 is 1.15 bits per heavy atom. The molecule has 0 unspecified atom stereocenters. The van der Waals surface area contributed by atoms with Gasteiger partial charge in [-0.1, -0.05) is 35.1 Å². The molecule has 2 aromatic carbocycles. The number of rotatable bonds is 3. The van der Waals surface area contributed by atoms with Gasteiger partial charge in [0.1, 0.15) is 10.8 Å². The van der Waals surface area contributed by atoms with Gasteiger partial charge in [0.15, 0.2) is 5.82 Å². The standard InChI is InChI=1S/C17H10ClFN6S/c18-10-4-5-13-12(7-10)14(21-20-13)8-15-22-23-17-25(15)24-16(26-17)9-2-1-3-11(19)6-9/h1-7H,8H2,(H,20,21). The van der Waals surface area contributed by atoms with Crippen molar-refractivity contribution in [3.05, 3.63) is 64.8 Å². The van der Waals surface area contributed by atoms with Gasteiger partial charge < -0.3 is 0 Å². The van der Waals surface area contributed by atoms with Gasteiger partial charge in [-0.2, -0.15) is 14.7 Å². The first-order valence-electron chi connectivity index (χ1n) is 7.77. The van der Waals surface area contributed by atoms with Crippen LogP contribution in [0.3, 0.4) is 0 Å². The molecule has 3 heterocycles. The summed E-state index contributed by atoms with van der Waals surface area (Å²) in [7, 11) is 0. The van der Waals surface area contributed by atoms with Crippen molar-refractivity contribution in [1.82, 2.24) is 30.0 Å². The van der Waals surface area contributed by atoms with Crippen LogP contribution in [0.15, 0.2) is 42.5 Å². The quantitative estimate of drug-likeness (QED) is 0.508. The number of aromatic nitrogens is 6. The van der Waals surface area contributed by atoms with Crippen molar-refractivity contribution in [3.8, 4) is 10.6 Å². The molecule has 0 bridgehead atoms. The molecule has 0 aliphatic carbocycles. The lowest BCUT2D eigenvalue weighted by atomic mass is 10.1. The Bertz CT molecular complexity index is 1260. The van der Waals surface area contributed by atoms with Crippen LogP contribution < -0.4 is 0 Å². The van der Waals surface area contributed by atoms with Crippen LogP contribution in [0, 0.1) is 5.82 Å². The zero-order valence-electron chi connectivity index (χ0n) is 13.1. The van der Waals surface area contributed by atoms with Gasteiger partial charge in [-0.3, -0.25) is 5.10 Å². The Kier molecular flexibility index (Phi) is 3.47. The van der Waals surface area contributed by atoms with Crippen molar-refractivity contribution in [3.63, 3.8) is 0 Å². The van der Waals surface area contributed by atoms with Crippen molar-refractivity contribution in [1.29, 1.82) is 0 Å². The van der Waals surface area contributed by atoms with Crippen LogP contribution >= 0.6 is 22.9 Å². The molecule has 5 rings (SSSR count). The second-order valence-corrected chi connectivity index (χ2v) is 7.16. The molecule has 0 aliphatic heterocycles. The largest absolute Gasteiger partial charge is 0.281 e. The van der Waals surface area contributed by atoms with Gasteiger partial charge in [0.25, 0.3) is 0 Å². The summed E-state index contributed by atoms with van der Waals surface area (Å²) < 4.78 is 15.1. The van der Waals surface area contributed by atoms with Gasteiger partial charge >= 0.3 is 0 Å². The molecular weight excluding hydrogens is 375 g/mol. The molecule has 3 aromatic heterocycles. The van der Waals surface area contributed by atoms with Gasteiger partial charge in [0.2, 0.25) is 4.96 Å². The molecule has 0 saturated heterocycles. The number of halogens is 2. The molecule has 128 valence electrons. The number of aromatic amines is 1. The number of hydrogen-bond acceptors (Lipinski definition) is 5. The molecule has 0 aliphatic rings. The van der Waals surface area contributed by atoms with Crippen molar-refractivity contribution < 1.29 is 4.39 Å². The topological polar surface area (TPSA) is 71.8 Å². The average molecular weight is 385 g/mol. The maximum atomic E-state index is 13.5. The van der Waals surface area contributed by atoms with Crippen molar-refractivity contribution >= 4 is 38.8 Å². The molecule has 0 amide bonds. The molecule has 6 nitrogen and oxygen atoms in total. The van der Waals surface area contributed by atoms with Gasteiger partial charge in [-0.05, 0) is 30.3 Å². The third-order valence-electron chi connectivity index (χ3n) is 4.06. The fraction of sp³-hybridized carbons (Fsp3) is 0.0588. The maximum Gasteiger partial charge on any atom is 0.234 e. The van der Waals surface area contributed by atoms with Crippen LogP contribution in [-0.4, -0.2) is 30.0 Å². The molecule has 0 radical (unpaired) electrons. The molecule has 26 heavy (non-hydrogen) atoms. The lowest BCUT2D eigenvalue weighted by Crippen LogP contribution is -1.98. The molecule has 5 aromatic rings. The number of H-pyrrole nitrogens is 1. The smallest absolute Gasteiger partial charge is 0.234 e. The summed E-state index contributed by atoms with van der Waals surface area (Å²) in [6.07, 6.45) is 0.477. The summed E-state index contributed by atoms with van der Waals surface area (Å²) in [5, 5.41) is 22.5. The van der Waals surface area contributed by atoms with E-state index >= 15 is 0 Å². The Labute approximate surface area is 155 Å². The summed E-state index contributed by atoms with van der Waals surface area (Å²) in [6.45, 7) is 0. The van der Waals surface area contributed by atoms with E-state index in [1.165, 1.54) is 23.5 Å². The van der Waals surface area contributed by atoms with Gasteiger partial charge in [-0.15, -0.1) is 10.2 Å². The number of nitrogens with zero attached hydrogens (tertiary/aromatic N) is 5. The molecular formula is C17H10ClFN6S. The van der Waals surface area contributed by atoms with Crippen LogP contribution in [0.25, 0.3) is 26.4 Å². The summed E-state index contributed by atoms with van der Waals surface area (Å²) in [5.74, 6) is 0.374. The fourth-order valence-corrected chi connectivity index (χ4v) is 3.86. The van der Waals surface area contributed by atoms with Crippen molar-refractivity contribution in [2.24, 2.45) is 0 Å². The number of hydrogen-bond donors (Lipinski definition) is 1. The normalized spacial score (nSPS) is 11.6. The third kappa shape index (κ3) is 2.54. The lowest BCUT2D eigenvalue weighted by molar-refractivity contribution is 0.628. The van der Waals surface area contributed by atoms with E-state index in [2.05, 4.69) is 25.5 Å². The predicted octanol–water partition coefficient (Wildman–Crippen LogP) is 4.11. The maximum absolute atomic E-state index is 13.5. The number of benzene rings is 2. The highest BCUT2D eigenvalue weighted by Crippen LogP contribution is 2.27. The van der Waals surface area contributed by atoms with Crippen LogP contribution in [0.5, 0.6) is 0 Å². The highest BCUT2D eigenvalue weighted by molar-refractivity contribution is 7.19. The van der Waals surface area contributed by atoms with E-state index in [4.69, 9.17) is 11.6 Å². The van der Waals surface area contributed by atoms with Gasteiger partial charge in [0.05, 0.1) is 17.6 Å². The third-order valence-corrected chi connectivity index (χ3v) is 5.24. The summed E-state index contributed by atoms with van der Waals surface area (Å²) in [5.41, 5.74) is 2.44. The SMILES string of the molecule is Fc1cccc(-c2nn3c(Cc4[nH]nc5ccc(Cl)cc45)nnc3s2)c1. The summed E-state index contributed by atoms with van der Waals surface area (Å²) >= 11 is 7.46. The molecule has 0 spiro atoms. The molecule has 0 saturated carbocycles. The summed E-state index contributed by atoms with van der Waals surface area (Å²) in [6, 6.07) is 11.9. The molecule has 0 fully saturated rings. The van der Waals surface area contributed by atoms with Crippen LogP contribution in [-0.2, 0) is 6.42 Å². The van der Waals surface area contributed by atoms with E-state index < -0.39 is 0 Å². The highest BCUT2D eigenvalue weighted by atomic mass is 35.5. The minimum atomic E-state index is -0.297. The van der Waals surface area contributed by atoms with Crippen LogP contribution in [0.4, 0.5) is 4.39 Å². The molecule has 0 atom stereocenters. The molecule has 1 N–H and O–H groups in total. The second-order valence-electron chi connectivity index (χ2n) is 5.77. The Morgan fingerprint density at radius 3 is 2.96 bits per heavy atom. The summed E-state index contributed by atoms with van der Waals surface area (Å²) in [4.78, 5) is 0.654. The van der Waals surface area contributed by atoms with E-state index in [-0.39, 0.29) is 5.82 Å². The van der Waals surface area contributed by atoms with E-state index in [0.717, 1.165) is 16.6 Å². The Hall–Kier alpha value is -2.84. The lowest BCUT2D eigenvalue weighted by Gasteiger charge is -1.97.